The predicted octanol–water partition coefficient (Wildman–Crippen LogP) is 10.8. The van der Waals surface area contributed by atoms with Crippen LogP contribution in [0.2, 0.25) is 0 Å². The molecule has 0 spiro atoms. The number of phenolic OH excluding ortho intramolecular Hbond substituents is 1. The topological polar surface area (TPSA) is 140 Å². The van der Waals surface area contributed by atoms with Gasteiger partial charge >= 0.3 is 0 Å². The Kier molecular flexibility index (Phi) is 10.2. The second-order valence-electron chi connectivity index (χ2n) is 13.9. The molecular weight excluding hydrogens is 713 g/mol. The van der Waals surface area contributed by atoms with E-state index in [1.54, 1.807) is 24.3 Å². The molecule has 4 heterocycles. The van der Waals surface area contributed by atoms with E-state index < -0.39 is 0 Å². The highest BCUT2D eigenvalue weighted by atomic mass is 16.5. The maximum atomic E-state index is 9.83. The van der Waals surface area contributed by atoms with Crippen LogP contribution in [-0.2, 0) is 0 Å². The standard InChI is InChI=1S/C46H38N8O3/c1-28(2)37-20-18-35-43(51-37)47-26-49-45(35)53-39-24-30(12-22-41(39)56-33-8-6-5-7-9-33)10-11-31-13-23-42(57-34-16-14-32(55)15-17-34)40(25-31)54-46-36-19-21-38(29(3)4)52-44(36)48-27-50-46/h5-9,12-29,55H,1-4H3,(H,47,49,51,53)(H,48,50,52,54). The van der Waals surface area contributed by atoms with Gasteiger partial charge in [0.1, 0.15) is 41.5 Å². The van der Waals surface area contributed by atoms with Crippen molar-refractivity contribution in [2.75, 3.05) is 10.6 Å². The molecule has 280 valence electrons. The van der Waals surface area contributed by atoms with E-state index in [2.05, 4.69) is 70.1 Å². The summed E-state index contributed by atoms with van der Waals surface area (Å²) in [6.45, 7) is 8.39. The van der Waals surface area contributed by atoms with Crippen molar-refractivity contribution in [1.82, 2.24) is 29.9 Å². The van der Waals surface area contributed by atoms with Gasteiger partial charge in [-0.3, -0.25) is 0 Å². The minimum atomic E-state index is 0.146. The molecule has 0 aliphatic carbocycles. The van der Waals surface area contributed by atoms with Crippen LogP contribution in [0.25, 0.3) is 22.1 Å². The van der Waals surface area contributed by atoms with Crippen molar-refractivity contribution in [1.29, 1.82) is 0 Å². The second kappa shape index (κ2) is 16.0. The van der Waals surface area contributed by atoms with Crippen LogP contribution in [-0.4, -0.2) is 35.0 Å². The third-order valence-electron chi connectivity index (χ3n) is 9.07. The van der Waals surface area contributed by atoms with E-state index in [-0.39, 0.29) is 17.6 Å². The molecule has 0 amide bonds. The van der Waals surface area contributed by atoms with E-state index >= 15 is 0 Å². The summed E-state index contributed by atoms with van der Waals surface area (Å²) in [4.78, 5) is 27.5. The van der Waals surface area contributed by atoms with Gasteiger partial charge in [0.2, 0.25) is 0 Å². The SMILES string of the molecule is CC(C)c1ccc2c(Nc3cc(C#Cc4ccc(Oc5ccc(O)cc5)c(Nc5ncnc6nc(C(C)C)ccc56)c4)ccc3Oc3ccccc3)ncnc2n1. The zero-order valence-electron chi connectivity index (χ0n) is 31.7. The maximum absolute atomic E-state index is 9.83. The number of hydrogen-bond donors (Lipinski definition) is 3. The minimum Gasteiger partial charge on any atom is -0.508 e. The van der Waals surface area contributed by atoms with Crippen LogP contribution in [0, 0.1) is 11.8 Å². The largest absolute Gasteiger partial charge is 0.508 e. The fourth-order valence-electron chi connectivity index (χ4n) is 6.00. The summed E-state index contributed by atoms with van der Waals surface area (Å²) in [6, 6.07) is 35.5. The van der Waals surface area contributed by atoms with Gasteiger partial charge in [0.05, 0.1) is 22.1 Å². The van der Waals surface area contributed by atoms with E-state index in [1.807, 2.05) is 91.0 Å². The van der Waals surface area contributed by atoms with Crippen molar-refractivity contribution < 1.29 is 14.6 Å². The van der Waals surface area contributed by atoms with E-state index in [9.17, 15) is 5.11 Å². The lowest BCUT2D eigenvalue weighted by Crippen LogP contribution is -2.01. The van der Waals surface area contributed by atoms with Gasteiger partial charge in [-0.2, -0.15) is 0 Å². The maximum Gasteiger partial charge on any atom is 0.164 e. The summed E-state index contributed by atoms with van der Waals surface area (Å²) in [5.74, 6) is 10.8. The number of aromatic hydroxyl groups is 1. The summed E-state index contributed by atoms with van der Waals surface area (Å²) < 4.78 is 12.6. The molecule has 8 aromatic rings. The summed E-state index contributed by atoms with van der Waals surface area (Å²) in [5.41, 5.74) is 5.86. The molecule has 11 nitrogen and oxygen atoms in total. The zero-order chi connectivity index (χ0) is 39.3. The van der Waals surface area contributed by atoms with Gasteiger partial charge in [-0.25, -0.2) is 29.9 Å². The lowest BCUT2D eigenvalue weighted by molar-refractivity contribution is 0.465. The Morgan fingerprint density at radius 2 is 1.00 bits per heavy atom. The predicted molar refractivity (Wildman–Crippen MR) is 223 cm³/mol. The highest BCUT2D eigenvalue weighted by Crippen LogP contribution is 2.36. The molecule has 0 bridgehead atoms. The molecule has 57 heavy (non-hydrogen) atoms. The van der Waals surface area contributed by atoms with Crippen LogP contribution in [0.3, 0.4) is 0 Å². The Labute approximate surface area is 329 Å². The molecule has 0 saturated heterocycles. The van der Waals surface area contributed by atoms with Crippen molar-refractivity contribution >= 4 is 45.1 Å². The molecule has 0 aliphatic heterocycles. The number of rotatable bonds is 10. The van der Waals surface area contributed by atoms with Gasteiger partial charge in [-0.05, 0) is 109 Å². The molecule has 0 unspecified atom stereocenters. The van der Waals surface area contributed by atoms with Crippen LogP contribution >= 0.6 is 0 Å². The van der Waals surface area contributed by atoms with Crippen LogP contribution in [0.15, 0.2) is 128 Å². The van der Waals surface area contributed by atoms with E-state index in [0.29, 0.717) is 57.3 Å². The first kappa shape index (κ1) is 36.4. The number of nitrogens with one attached hydrogen (secondary N) is 2. The Bertz CT molecular complexity index is 2780. The average Bonchev–Trinajstić information content (AvgIpc) is 3.22. The lowest BCUT2D eigenvalue weighted by atomic mass is 10.1. The van der Waals surface area contributed by atoms with Gasteiger partial charge in [0, 0.05) is 22.5 Å². The number of hydrogen-bond acceptors (Lipinski definition) is 11. The quantitative estimate of drug-likeness (QED) is 0.115. The summed E-state index contributed by atoms with van der Waals surface area (Å²) in [7, 11) is 0. The molecule has 0 saturated carbocycles. The summed E-state index contributed by atoms with van der Waals surface area (Å²) >= 11 is 0. The van der Waals surface area contributed by atoms with Crippen molar-refractivity contribution in [2.24, 2.45) is 0 Å². The fourth-order valence-corrected chi connectivity index (χ4v) is 6.00. The minimum absolute atomic E-state index is 0.146. The van der Waals surface area contributed by atoms with Gasteiger partial charge < -0.3 is 25.2 Å². The Hall–Kier alpha value is -7.58. The average molecular weight is 751 g/mol. The number of para-hydroxylation sites is 1. The molecule has 8 rings (SSSR count). The van der Waals surface area contributed by atoms with E-state index in [0.717, 1.165) is 33.3 Å². The Morgan fingerprint density at radius 1 is 0.526 bits per heavy atom. The van der Waals surface area contributed by atoms with E-state index in [1.165, 1.54) is 12.7 Å². The molecule has 0 aliphatic rings. The highest BCUT2D eigenvalue weighted by Gasteiger charge is 2.15. The number of fused-ring (bicyclic) bond motifs is 2. The first-order valence-electron chi connectivity index (χ1n) is 18.5. The molecule has 3 N–H and O–H groups in total. The first-order chi connectivity index (χ1) is 27.8. The fraction of sp³-hybridized carbons (Fsp3) is 0.130. The first-order valence-corrected chi connectivity index (χ1v) is 18.5. The number of pyridine rings is 2. The monoisotopic (exact) mass is 750 g/mol. The van der Waals surface area contributed by atoms with Gasteiger partial charge in [0.25, 0.3) is 0 Å². The number of phenols is 1. The number of anilines is 4. The number of nitrogens with zero attached hydrogens (tertiary/aromatic N) is 6. The molecule has 4 aromatic heterocycles. The van der Waals surface area contributed by atoms with Crippen LogP contribution in [0.5, 0.6) is 28.7 Å². The van der Waals surface area contributed by atoms with Gasteiger partial charge in [-0.1, -0.05) is 57.7 Å². The van der Waals surface area contributed by atoms with Crippen LogP contribution < -0.4 is 20.1 Å². The van der Waals surface area contributed by atoms with Gasteiger partial charge in [-0.15, -0.1) is 0 Å². The smallest absolute Gasteiger partial charge is 0.164 e. The number of ether oxygens (including phenoxy) is 2. The third kappa shape index (κ3) is 8.40. The Morgan fingerprint density at radius 3 is 1.47 bits per heavy atom. The molecule has 0 radical (unpaired) electrons. The second-order valence-corrected chi connectivity index (χ2v) is 13.9. The summed E-state index contributed by atoms with van der Waals surface area (Å²) in [6.07, 6.45) is 3.00. The molecule has 4 aromatic carbocycles. The zero-order valence-corrected chi connectivity index (χ0v) is 31.7. The summed E-state index contributed by atoms with van der Waals surface area (Å²) in [5, 5.41) is 18.3. The highest BCUT2D eigenvalue weighted by molar-refractivity contribution is 5.90. The van der Waals surface area contributed by atoms with Gasteiger partial charge in [0.15, 0.2) is 22.8 Å². The van der Waals surface area contributed by atoms with Crippen LogP contribution in [0.1, 0.15) is 62.0 Å². The normalized spacial score (nSPS) is 11.1. The van der Waals surface area contributed by atoms with Crippen LogP contribution in [0.4, 0.5) is 23.0 Å². The molecule has 0 fully saturated rings. The molecule has 0 atom stereocenters. The molecular formula is C46H38N8O3. The van der Waals surface area contributed by atoms with Crippen molar-refractivity contribution in [3.8, 4) is 40.6 Å². The van der Waals surface area contributed by atoms with Crippen molar-refractivity contribution in [2.45, 2.75) is 39.5 Å². The third-order valence-corrected chi connectivity index (χ3v) is 9.07. The lowest BCUT2D eigenvalue weighted by Gasteiger charge is -2.15. The Balaban J connectivity index is 1.15. The molecule has 11 heteroatoms. The number of aromatic nitrogens is 6. The van der Waals surface area contributed by atoms with E-state index in [4.69, 9.17) is 19.4 Å². The van der Waals surface area contributed by atoms with Crippen molar-refractivity contribution in [3.05, 3.63) is 150 Å². The number of benzene rings is 4. The van der Waals surface area contributed by atoms with Crippen molar-refractivity contribution in [3.63, 3.8) is 0 Å².